The molecule has 0 aliphatic heterocycles. The Morgan fingerprint density at radius 1 is 0.505 bits per heavy atom. The van der Waals surface area contributed by atoms with E-state index in [1.807, 2.05) is 56.3 Å². The van der Waals surface area contributed by atoms with Crippen molar-refractivity contribution >= 4 is 87.7 Å². The number of nitrogens with two attached hydrogens (primary N) is 1. The van der Waals surface area contributed by atoms with Crippen molar-refractivity contribution in [1.29, 1.82) is 0 Å². The highest BCUT2D eigenvalue weighted by molar-refractivity contribution is 6.30. The van der Waals surface area contributed by atoms with E-state index < -0.39 is 114 Å². The lowest BCUT2D eigenvalue weighted by molar-refractivity contribution is -0.151. The summed E-state index contributed by atoms with van der Waals surface area (Å²) in [6.07, 6.45) is 11.2. The SMILES string of the molecule is CC(=O)N(C(=O)[C@H](CC(C)C)NC(=O)[C@@H](CCCCNC(=O)c1cccnc1)NC(=O)[C@H](CCCCNC(=O)c1cccnc1)NC(=O)[C@H](CO)NC(=O)[C@@H](Cc1cccnc1)NC(=O)[C@@H](Cc1ccc(Cl)cc1)NC(=O)[C@H](N)Cc1ccc2ccccc2c1)[C@H](C=O)CCCCNC(C)C. The minimum absolute atomic E-state index is 0.0128. The Bertz CT molecular complexity index is 3690. The molecular formula is C74H95ClN14O12. The highest BCUT2D eigenvalue weighted by atomic mass is 35.5. The van der Waals surface area contributed by atoms with Crippen LogP contribution in [-0.2, 0) is 62.4 Å². The summed E-state index contributed by atoms with van der Waals surface area (Å²) in [5.74, 6) is -7.90. The van der Waals surface area contributed by atoms with Gasteiger partial charge in [0.15, 0.2) is 0 Å². The van der Waals surface area contributed by atoms with Crippen LogP contribution in [-0.4, -0.2) is 171 Å². The molecule has 3 aromatic heterocycles. The Balaban J connectivity index is 1.26. The largest absolute Gasteiger partial charge is 0.394 e. The van der Waals surface area contributed by atoms with Gasteiger partial charge in [0.2, 0.25) is 41.4 Å². The van der Waals surface area contributed by atoms with Crippen LogP contribution in [0.2, 0.25) is 5.02 Å². The number of carbonyl (C=O) groups is 11. The summed E-state index contributed by atoms with van der Waals surface area (Å²) in [6.45, 7) is 8.60. The zero-order valence-electron chi connectivity index (χ0n) is 57.8. The zero-order valence-corrected chi connectivity index (χ0v) is 58.6. The fourth-order valence-electron chi connectivity index (χ4n) is 11.2. The van der Waals surface area contributed by atoms with Crippen LogP contribution < -0.4 is 53.6 Å². The predicted octanol–water partition coefficient (Wildman–Crippen LogP) is 4.29. The summed E-state index contributed by atoms with van der Waals surface area (Å²) in [5.41, 5.74) is 8.96. The maximum atomic E-state index is 15.0. The average molecular weight is 1410 g/mol. The minimum Gasteiger partial charge on any atom is -0.394 e. The molecular weight excluding hydrogens is 1310 g/mol. The van der Waals surface area contributed by atoms with Gasteiger partial charge in [-0.25, -0.2) is 0 Å². The van der Waals surface area contributed by atoms with Gasteiger partial charge in [0.1, 0.15) is 42.5 Å². The first-order valence-electron chi connectivity index (χ1n) is 34.2. The first kappa shape index (κ1) is 80.1. The second kappa shape index (κ2) is 42.3. The van der Waals surface area contributed by atoms with Crippen molar-refractivity contribution in [2.75, 3.05) is 26.2 Å². The van der Waals surface area contributed by atoms with E-state index in [4.69, 9.17) is 17.3 Å². The fraction of sp³-hybridized carbons (Fsp3) is 0.432. The third kappa shape index (κ3) is 27.3. The molecule has 8 atom stereocenters. The average Bonchev–Trinajstić information content (AvgIpc) is 0.845. The molecule has 6 rings (SSSR count). The fourth-order valence-corrected chi connectivity index (χ4v) is 11.3. The van der Waals surface area contributed by atoms with Crippen molar-refractivity contribution in [3.8, 4) is 0 Å². The molecule has 27 heteroatoms. The summed E-state index contributed by atoms with van der Waals surface area (Å²) >= 11 is 6.22. The van der Waals surface area contributed by atoms with Crippen LogP contribution >= 0.6 is 11.6 Å². The molecule has 0 unspecified atom stereocenters. The highest BCUT2D eigenvalue weighted by Gasteiger charge is 2.37. The van der Waals surface area contributed by atoms with E-state index in [-0.39, 0.29) is 95.7 Å². The monoisotopic (exact) mass is 1410 g/mol. The van der Waals surface area contributed by atoms with E-state index in [0.717, 1.165) is 28.2 Å². The van der Waals surface area contributed by atoms with Gasteiger partial charge in [-0.15, -0.1) is 0 Å². The number of unbranched alkanes of at least 4 members (excludes halogenated alkanes) is 3. The van der Waals surface area contributed by atoms with Crippen molar-refractivity contribution in [3.05, 3.63) is 173 Å². The number of benzene rings is 3. The summed E-state index contributed by atoms with van der Waals surface area (Å²) in [7, 11) is 0. The topological polar surface area (TPSA) is 384 Å². The lowest BCUT2D eigenvalue weighted by Crippen LogP contribution is -2.61. The number of amides is 10. The van der Waals surface area contributed by atoms with Crippen LogP contribution in [0.4, 0.5) is 0 Å². The molecule has 26 nitrogen and oxygen atoms in total. The van der Waals surface area contributed by atoms with Crippen molar-refractivity contribution in [2.24, 2.45) is 11.7 Å². The highest BCUT2D eigenvalue weighted by Crippen LogP contribution is 2.20. The molecule has 12 N–H and O–H groups in total. The van der Waals surface area contributed by atoms with E-state index in [0.29, 0.717) is 52.9 Å². The van der Waals surface area contributed by atoms with Gasteiger partial charge in [-0.2, -0.15) is 0 Å². The van der Waals surface area contributed by atoms with E-state index in [1.165, 1.54) is 37.2 Å². The second-order valence-electron chi connectivity index (χ2n) is 25.6. The van der Waals surface area contributed by atoms with Crippen molar-refractivity contribution < 1.29 is 57.8 Å². The maximum Gasteiger partial charge on any atom is 0.252 e. The number of aromatic nitrogens is 3. The predicted molar refractivity (Wildman–Crippen MR) is 382 cm³/mol. The van der Waals surface area contributed by atoms with Crippen LogP contribution in [0.1, 0.15) is 136 Å². The van der Waals surface area contributed by atoms with Gasteiger partial charge in [0.05, 0.1) is 29.8 Å². The Labute approximate surface area is 594 Å². The van der Waals surface area contributed by atoms with Crippen molar-refractivity contribution in [2.45, 2.75) is 172 Å². The number of hydrogen-bond donors (Lipinski definition) is 11. The third-order valence-electron chi connectivity index (χ3n) is 16.6. The molecule has 0 saturated heterocycles. The summed E-state index contributed by atoms with van der Waals surface area (Å²) in [5, 5.41) is 38.4. The second-order valence-corrected chi connectivity index (χ2v) is 26.0. The molecule has 540 valence electrons. The van der Waals surface area contributed by atoms with Crippen LogP contribution in [0, 0.1) is 5.92 Å². The van der Waals surface area contributed by atoms with E-state index in [9.17, 15) is 57.8 Å². The Hall–Kier alpha value is -9.89. The number of fused-ring (bicyclic) bond motifs is 1. The number of pyridine rings is 3. The van der Waals surface area contributed by atoms with Gasteiger partial charge in [0, 0.05) is 81.1 Å². The maximum absolute atomic E-state index is 15.0. The molecule has 10 amide bonds. The van der Waals surface area contributed by atoms with Crippen LogP contribution in [0.25, 0.3) is 10.8 Å². The molecule has 3 aromatic carbocycles. The number of aliphatic hydroxyl groups excluding tert-OH is 1. The number of nitrogens with one attached hydrogen (secondary N) is 9. The summed E-state index contributed by atoms with van der Waals surface area (Å²) in [4.78, 5) is 167. The molecule has 0 aliphatic carbocycles. The zero-order chi connectivity index (χ0) is 73.2. The molecule has 0 fully saturated rings. The number of aldehydes is 1. The molecule has 0 radical (unpaired) electrons. The van der Waals surface area contributed by atoms with Crippen molar-refractivity contribution in [1.82, 2.24) is 67.7 Å². The normalized spacial score (nSPS) is 13.6. The van der Waals surface area contributed by atoms with Gasteiger partial charge in [0.25, 0.3) is 17.7 Å². The quantitative estimate of drug-likeness (QED) is 0.0188. The number of carbonyl (C=O) groups excluding carboxylic acids is 11. The molecule has 101 heavy (non-hydrogen) atoms. The smallest absolute Gasteiger partial charge is 0.252 e. The first-order chi connectivity index (χ1) is 48.5. The van der Waals surface area contributed by atoms with Gasteiger partial charge in [-0.1, -0.05) is 100.0 Å². The lowest BCUT2D eigenvalue weighted by Gasteiger charge is -2.31. The van der Waals surface area contributed by atoms with Gasteiger partial charge in [-0.05, 0) is 153 Å². The number of halogens is 1. The van der Waals surface area contributed by atoms with Gasteiger partial charge in [-0.3, -0.25) is 67.8 Å². The number of aliphatic hydroxyl groups is 1. The lowest BCUT2D eigenvalue weighted by atomic mass is 9.99. The van der Waals surface area contributed by atoms with E-state index in [1.54, 1.807) is 74.5 Å². The van der Waals surface area contributed by atoms with Gasteiger partial charge >= 0.3 is 0 Å². The number of imide groups is 1. The van der Waals surface area contributed by atoms with Crippen molar-refractivity contribution in [3.63, 3.8) is 0 Å². The molecule has 0 spiro atoms. The number of hydrogen-bond acceptors (Lipinski definition) is 17. The summed E-state index contributed by atoms with van der Waals surface area (Å²) in [6, 6.07) is 18.7. The van der Waals surface area contributed by atoms with E-state index in [2.05, 4.69) is 62.8 Å². The van der Waals surface area contributed by atoms with Crippen LogP contribution in [0.15, 0.2) is 140 Å². The number of rotatable bonds is 42. The molecule has 0 aliphatic rings. The van der Waals surface area contributed by atoms with Crippen LogP contribution in [0.3, 0.4) is 0 Å². The Morgan fingerprint density at radius 2 is 0.980 bits per heavy atom. The van der Waals surface area contributed by atoms with E-state index >= 15 is 0 Å². The molecule has 3 heterocycles. The number of nitrogens with zero attached hydrogens (tertiary/aromatic N) is 4. The Kier molecular flexibility index (Phi) is 33.5. The summed E-state index contributed by atoms with van der Waals surface area (Å²) < 4.78 is 0. The molecule has 0 bridgehead atoms. The molecule has 6 aromatic rings. The third-order valence-corrected chi connectivity index (χ3v) is 16.8. The Morgan fingerprint density at radius 3 is 1.50 bits per heavy atom. The standard InChI is InChI=1S/C74H95ClN14O12/c1-47(2)37-64(74(101)89(49(5)92)58(45-90)22-8-11-34-80-48(3)4)87-70(97)61(24-10-13-36-82-67(94)56-21-16-33-79-44-56)83-69(96)60(23-9-12-35-81-66(93)55-20-15-32-78-43-55)84-73(100)65(46-91)88-72(99)63(41-52-17-14-31-77-42-52)86-71(98)62(40-50-26-29-57(75)30-27-50)85-68(95)59(76)39-51-25-28-53-18-6-7-19-54(53)38-51/h6-7,14-21,25-33,38,42-45,47-48,58-65,80,91H,8-13,22-24,34-37,39-41,46,76H2,1-5H3,(H,81,93)(H,82,94)(H,83,96)(H,84,100)(H,85,95)(H,86,98)(H,87,97)(H,88,99)/t58-,59+,60-,61+,62+,63+,64-,65-/m0/s1. The van der Waals surface area contributed by atoms with Crippen LogP contribution in [0.5, 0.6) is 0 Å². The minimum atomic E-state index is -1.79. The van der Waals surface area contributed by atoms with Gasteiger partial charge < -0.3 is 63.5 Å². The molecule has 0 saturated carbocycles. The first-order valence-corrected chi connectivity index (χ1v) is 34.6.